The molecule has 2 bridgehead atoms. The van der Waals surface area contributed by atoms with Crippen LogP contribution in [0.25, 0.3) is 0 Å². The summed E-state index contributed by atoms with van der Waals surface area (Å²) in [6.07, 6.45) is 5.01. The maximum absolute atomic E-state index is 14.9. The second-order valence-electron chi connectivity index (χ2n) is 12.2. The topological polar surface area (TPSA) is 124 Å². The van der Waals surface area contributed by atoms with Crippen molar-refractivity contribution in [3.8, 4) is 0 Å². The van der Waals surface area contributed by atoms with E-state index in [9.17, 15) is 14.0 Å². The van der Waals surface area contributed by atoms with E-state index >= 15 is 0 Å². The Balaban J connectivity index is 1.52. The minimum absolute atomic E-state index is 0.0425. The van der Waals surface area contributed by atoms with Crippen LogP contribution in [0.1, 0.15) is 58.8 Å². The zero-order chi connectivity index (χ0) is 28.2. The number of alkyl halides is 1. The normalized spacial score (nSPS) is 39.4. The Morgan fingerprint density at radius 1 is 1.33 bits per heavy atom. The Morgan fingerprint density at radius 2 is 2.13 bits per heavy atom. The van der Waals surface area contributed by atoms with Gasteiger partial charge in [-0.05, 0) is 44.1 Å². The highest BCUT2D eigenvalue weighted by Crippen LogP contribution is 2.45. The molecule has 0 aromatic rings. The van der Waals surface area contributed by atoms with Crippen molar-refractivity contribution in [2.45, 2.75) is 101 Å². The van der Waals surface area contributed by atoms with Gasteiger partial charge in [-0.15, -0.1) is 0 Å². The highest BCUT2D eigenvalue weighted by Gasteiger charge is 2.50. The first-order chi connectivity index (χ1) is 18.7. The first-order valence-corrected chi connectivity index (χ1v) is 15.0. The molecule has 0 saturated carbocycles. The van der Waals surface area contributed by atoms with Crippen molar-refractivity contribution < 1.29 is 18.7 Å². The van der Waals surface area contributed by atoms with E-state index in [4.69, 9.17) is 10.5 Å². The van der Waals surface area contributed by atoms with Crippen LogP contribution in [0.5, 0.6) is 0 Å². The third-order valence-electron chi connectivity index (χ3n) is 9.54. The molecule has 5 N–H and O–H groups in total. The van der Waals surface area contributed by atoms with Gasteiger partial charge in [-0.2, -0.15) is 0 Å². The molecule has 0 spiro atoms. The number of likely N-dealkylation sites (N-methyl/N-ethyl adjacent to an activating group) is 1. The molecule has 222 valence electrons. The molecule has 0 aromatic carbocycles. The van der Waals surface area contributed by atoms with E-state index in [-0.39, 0.29) is 41.4 Å². The van der Waals surface area contributed by atoms with E-state index in [1.54, 1.807) is 19.0 Å². The van der Waals surface area contributed by atoms with Crippen LogP contribution in [0, 0.1) is 11.3 Å². The van der Waals surface area contributed by atoms with Gasteiger partial charge in [0, 0.05) is 52.0 Å². The van der Waals surface area contributed by atoms with Crippen LogP contribution < -0.4 is 21.7 Å². The van der Waals surface area contributed by atoms with Crippen molar-refractivity contribution in [2.75, 3.05) is 46.9 Å². The highest BCUT2D eigenvalue weighted by atomic mass is 19.1. The predicted molar refractivity (Wildman–Crippen MR) is 150 cm³/mol. The van der Waals surface area contributed by atoms with Gasteiger partial charge in [0.15, 0.2) is 0 Å². The Bertz CT molecular complexity index is 876. The number of rotatable bonds is 8. The molecule has 9 atom stereocenters. The zero-order valence-electron chi connectivity index (χ0n) is 24.2. The Hall–Kier alpha value is -1.66. The molecule has 0 aliphatic carbocycles. The minimum Gasteiger partial charge on any atom is -0.366 e. The number of amides is 2. The van der Waals surface area contributed by atoms with Gasteiger partial charge in [-0.25, -0.2) is 4.39 Å². The summed E-state index contributed by atoms with van der Waals surface area (Å²) in [7, 11) is 3.48. The molecule has 0 aromatic heterocycles. The van der Waals surface area contributed by atoms with E-state index < -0.39 is 24.4 Å². The maximum Gasteiger partial charge on any atom is 0.252 e. The van der Waals surface area contributed by atoms with E-state index in [0.717, 1.165) is 45.1 Å². The summed E-state index contributed by atoms with van der Waals surface area (Å²) in [5, 5.41) is 10.3. The van der Waals surface area contributed by atoms with E-state index in [1.807, 2.05) is 0 Å². The number of carbonyl (C=O) groups is 2. The number of nitrogens with one attached hydrogen (secondary N) is 3. The Kier molecular flexibility index (Phi) is 10.4. The summed E-state index contributed by atoms with van der Waals surface area (Å²) in [5.41, 5.74) is 6.55. The second-order valence-corrected chi connectivity index (χ2v) is 12.2. The quantitative estimate of drug-likeness (QED) is 0.349. The number of ether oxygens (including phenoxy) is 1. The van der Waals surface area contributed by atoms with Crippen molar-refractivity contribution in [1.82, 2.24) is 25.8 Å². The maximum atomic E-state index is 14.9. The number of morpholine rings is 1. The summed E-state index contributed by atoms with van der Waals surface area (Å²) >= 11 is 0. The lowest BCUT2D eigenvalue weighted by molar-refractivity contribution is -0.149. The van der Waals surface area contributed by atoms with Crippen LogP contribution in [0.3, 0.4) is 0 Å². The van der Waals surface area contributed by atoms with E-state index in [0.29, 0.717) is 32.7 Å². The molecule has 2 amide bonds. The molecule has 4 rings (SSSR count). The van der Waals surface area contributed by atoms with Crippen molar-refractivity contribution >= 4 is 18.0 Å². The first kappa shape index (κ1) is 30.3. The fourth-order valence-electron chi connectivity index (χ4n) is 7.22. The van der Waals surface area contributed by atoms with Crippen LogP contribution >= 0.6 is 0 Å². The van der Waals surface area contributed by atoms with Crippen molar-refractivity contribution in [3.63, 3.8) is 0 Å². The number of unbranched alkanes of at least 4 members (excludes halogenated alkanes) is 1. The first-order valence-electron chi connectivity index (χ1n) is 15.0. The van der Waals surface area contributed by atoms with Crippen molar-refractivity contribution in [2.24, 2.45) is 22.1 Å². The molecular formula is C28H50FN7O3. The molecule has 11 heteroatoms. The molecule has 10 nitrogen and oxygen atoms in total. The van der Waals surface area contributed by atoms with Crippen molar-refractivity contribution in [3.05, 3.63) is 0 Å². The summed E-state index contributed by atoms with van der Waals surface area (Å²) in [6.45, 7) is 7.50. The van der Waals surface area contributed by atoms with E-state index in [1.165, 1.54) is 6.21 Å². The summed E-state index contributed by atoms with van der Waals surface area (Å²) < 4.78 is 20.7. The van der Waals surface area contributed by atoms with Crippen LogP contribution in [-0.2, 0) is 14.3 Å². The second kappa shape index (κ2) is 13.3. The van der Waals surface area contributed by atoms with Gasteiger partial charge in [0.25, 0.3) is 5.91 Å². The number of hydrogen-bond acceptors (Lipinski definition) is 8. The van der Waals surface area contributed by atoms with Gasteiger partial charge in [0.1, 0.15) is 12.3 Å². The largest absolute Gasteiger partial charge is 0.366 e. The summed E-state index contributed by atoms with van der Waals surface area (Å²) in [6, 6.07) is -0.556. The summed E-state index contributed by atoms with van der Waals surface area (Å²) in [4.78, 5) is 35.1. The molecule has 3 fully saturated rings. The number of carbonyl (C=O) groups excluding carboxylic acids is 2. The molecule has 9 unspecified atom stereocenters. The number of hydrogen-bond donors (Lipinski definition) is 4. The minimum atomic E-state index is -1.15. The number of nitrogens with two attached hydrogens (primary N) is 1. The van der Waals surface area contributed by atoms with E-state index in [2.05, 4.69) is 39.7 Å². The van der Waals surface area contributed by atoms with Gasteiger partial charge in [-0.3, -0.25) is 24.8 Å². The van der Waals surface area contributed by atoms with Crippen LogP contribution in [0.15, 0.2) is 4.99 Å². The van der Waals surface area contributed by atoms with Crippen LogP contribution in [0.4, 0.5) is 4.39 Å². The standard InChI is InChI=1S/C28H50FN7O3/c1-5-7-9-28(6-2)14-19-24(25(30)34-23(28)13-18(29)15-32-19)26(37)33-20-16-31-10-8-21(20)36-11-12-39-22(17-36)27(38)35(3)4/h15,18-25,31,34H,5-14,16-17,30H2,1-4H3,(H,33,37). The average molecular weight is 552 g/mol. The Labute approximate surface area is 233 Å². The number of piperidine rings is 1. The lowest BCUT2D eigenvalue weighted by atomic mass is 9.67. The molecular weight excluding hydrogens is 501 g/mol. The molecule has 3 saturated heterocycles. The molecule has 39 heavy (non-hydrogen) atoms. The van der Waals surface area contributed by atoms with Crippen LogP contribution in [-0.4, -0.2) is 117 Å². The molecule has 4 aliphatic rings. The van der Waals surface area contributed by atoms with Crippen LogP contribution in [0.2, 0.25) is 0 Å². The number of halogens is 1. The lowest BCUT2D eigenvalue weighted by Crippen LogP contribution is -2.65. The average Bonchev–Trinajstić information content (AvgIpc) is 2.99. The monoisotopic (exact) mass is 551 g/mol. The SMILES string of the molecule is CCCCC1(CC)CC2N=CC(F)CC1NC(N)C2C(=O)NC1CNCCC1N1CCOC(C(=O)N(C)C)C1. The number of nitrogens with zero attached hydrogens (tertiary/aromatic N) is 3. The zero-order valence-corrected chi connectivity index (χ0v) is 24.2. The molecule has 4 aliphatic heterocycles. The predicted octanol–water partition coefficient (Wildman–Crippen LogP) is 0.653. The fourth-order valence-corrected chi connectivity index (χ4v) is 7.22. The van der Waals surface area contributed by atoms with Gasteiger partial charge >= 0.3 is 0 Å². The fraction of sp³-hybridized carbons (Fsp3) is 0.893. The number of aliphatic imine (C=N–C) groups is 1. The third kappa shape index (κ3) is 6.81. The summed E-state index contributed by atoms with van der Waals surface area (Å²) in [5.74, 6) is -0.776. The molecule has 0 radical (unpaired) electrons. The van der Waals surface area contributed by atoms with Gasteiger partial charge in [-0.1, -0.05) is 26.7 Å². The van der Waals surface area contributed by atoms with Gasteiger partial charge in [0.05, 0.1) is 30.8 Å². The highest BCUT2D eigenvalue weighted by molar-refractivity contribution is 5.81. The van der Waals surface area contributed by atoms with Gasteiger partial charge in [0.2, 0.25) is 5.91 Å². The smallest absolute Gasteiger partial charge is 0.252 e. The third-order valence-corrected chi connectivity index (χ3v) is 9.54. The van der Waals surface area contributed by atoms with Gasteiger partial charge < -0.3 is 26.0 Å². The number of fused-ring (bicyclic) bond motifs is 3. The Morgan fingerprint density at radius 3 is 2.85 bits per heavy atom. The van der Waals surface area contributed by atoms with Crippen molar-refractivity contribution in [1.29, 1.82) is 0 Å². The lowest BCUT2D eigenvalue weighted by Gasteiger charge is -2.44. The molecule has 4 heterocycles.